The summed E-state index contributed by atoms with van der Waals surface area (Å²) >= 11 is 0. The van der Waals surface area contributed by atoms with Crippen LogP contribution in [-0.2, 0) is 12.0 Å². The van der Waals surface area contributed by atoms with Gasteiger partial charge in [-0.15, -0.1) is 0 Å². The minimum Gasteiger partial charge on any atom is -0.507 e. The second-order valence-electron chi connectivity index (χ2n) is 8.63. The highest BCUT2D eigenvalue weighted by atomic mass is 16.3. The Hall–Kier alpha value is -2.74. The Bertz CT molecular complexity index is 965. The van der Waals surface area contributed by atoms with Crippen molar-refractivity contribution >= 4 is 11.6 Å². The van der Waals surface area contributed by atoms with E-state index in [4.69, 9.17) is 0 Å². The third-order valence-electron chi connectivity index (χ3n) is 6.34. The van der Waals surface area contributed by atoms with Gasteiger partial charge in [-0.2, -0.15) is 0 Å². The van der Waals surface area contributed by atoms with Gasteiger partial charge < -0.3 is 10.4 Å². The van der Waals surface area contributed by atoms with Gasteiger partial charge in [-0.05, 0) is 73.9 Å². The van der Waals surface area contributed by atoms with Crippen LogP contribution in [0.3, 0.4) is 0 Å². The molecule has 0 spiro atoms. The van der Waals surface area contributed by atoms with Gasteiger partial charge in [0.2, 0.25) is 0 Å². The standard InChI is InChI=1S/C29H39NO/c1-9-18-29(11-3,26-16-14-25(15-17-26)20(4)5)30-23(8)22(7)19-27-21(6)12-13-24(10-2)28(27)31/h12-17,19,30-31H,4,8-11,18H2,1-3,5-7H3/b22-19+. The first-order valence-electron chi connectivity index (χ1n) is 11.4. The first-order chi connectivity index (χ1) is 14.7. The number of hydrogen-bond acceptors (Lipinski definition) is 2. The van der Waals surface area contributed by atoms with E-state index in [0.717, 1.165) is 59.2 Å². The highest BCUT2D eigenvalue weighted by Gasteiger charge is 2.30. The van der Waals surface area contributed by atoms with Crippen molar-refractivity contribution in [1.29, 1.82) is 0 Å². The molecule has 0 aliphatic carbocycles. The van der Waals surface area contributed by atoms with Gasteiger partial charge in [0.25, 0.3) is 0 Å². The summed E-state index contributed by atoms with van der Waals surface area (Å²) in [6.07, 6.45) is 5.89. The van der Waals surface area contributed by atoms with Gasteiger partial charge in [-0.1, -0.05) is 82.3 Å². The average molecular weight is 418 g/mol. The maximum absolute atomic E-state index is 10.7. The van der Waals surface area contributed by atoms with E-state index in [9.17, 15) is 5.11 Å². The fourth-order valence-electron chi connectivity index (χ4n) is 4.16. The Balaban J connectivity index is 2.40. The molecule has 2 N–H and O–H groups in total. The molecule has 2 rings (SSSR count). The van der Waals surface area contributed by atoms with Crippen LogP contribution in [0, 0.1) is 6.92 Å². The van der Waals surface area contributed by atoms with E-state index in [2.05, 4.69) is 82.6 Å². The van der Waals surface area contributed by atoms with Gasteiger partial charge in [0, 0.05) is 11.3 Å². The molecule has 2 aromatic rings. The van der Waals surface area contributed by atoms with Gasteiger partial charge in [-0.3, -0.25) is 0 Å². The molecular formula is C29H39NO. The van der Waals surface area contributed by atoms with E-state index < -0.39 is 0 Å². The van der Waals surface area contributed by atoms with Crippen LogP contribution in [-0.4, -0.2) is 5.11 Å². The fraction of sp³-hybridized carbons (Fsp3) is 0.379. The van der Waals surface area contributed by atoms with E-state index in [0.29, 0.717) is 5.75 Å². The molecule has 1 unspecified atom stereocenters. The SMILES string of the molecule is C=C(NC(CC)(CCC)c1ccc(C(=C)C)cc1)/C(C)=C/c1c(C)ccc(CC)c1O. The number of aromatic hydroxyl groups is 1. The molecule has 2 aromatic carbocycles. The molecule has 0 aliphatic rings. The summed E-state index contributed by atoms with van der Waals surface area (Å²) in [4.78, 5) is 0. The third kappa shape index (κ3) is 5.50. The Morgan fingerprint density at radius 2 is 1.68 bits per heavy atom. The Kier molecular flexibility index (Phi) is 8.33. The van der Waals surface area contributed by atoms with Gasteiger partial charge in [0.05, 0.1) is 5.54 Å². The minimum atomic E-state index is -0.184. The summed E-state index contributed by atoms with van der Waals surface area (Å²) < 4.78 is 0. The molecule has 0 aromatic heterocycles. The van der Waals surface area contributed by atoms with Crippen LogP contribution >= 0.6 is 0 Å². The van der Waals surface area contributed by atoms with Crippen molar-refractivity contribution < 1.29 is 5.11 Å². The van der Waals surface area contributed by atoms with Crippen LogP contribution in [0.2, 0.25) is 0 Å². The summed E-state index contributed by atoms with van der Waals surface area (Å²) in [5.74, 6) is 0.375. The van der Waals surface area contributed by atoms with E-state index >= 15 is 0 Å². The van der Waals surface area contributed by atoms with Crippen LogP contribution in [0.25, 0.3) is 11.6 Å². The lowest BCUT2D eigenvalue weighted by atomic mass is 9.82. The van der Waals surface area contributed by atoms with Gasteiger partial charge >= 0.3 is 0 Å². The van der Waals surface area contributed by atoms with Gasteiger partial charge in [0.15, 0.2) is 0 Å². The monoisotopic (exact) mass is 417 g/mol. The van der Waals surface area contributed by atoms with Gasteiger partial charge in [0.1, 0.15) is 5.75 Å². The first-order valence-corrected chi connectivity index (χ1v) is 11.4. The van der Waals surface area contributed by atoms with Crippen LogP contribution in [0.5, 0.6) is 5.75 Å². The largest absolute Gasteiger partial charge is 0.507 e. The molecule has 0 amide bonds. The van der Waals surface area contributed by atoms with Crippen molar-refractivity contribution in [3.05, 3.63) is 88.6 Å². The lowest BCUT2D eigenvalue weighted by molar-refractivity contribution is 0.323. The van der Waals surface area contributed by atoms with Gasteiger partial charge in [-0.25, -0.2) is 0 Å². The maximum atomic E-state index is 10.7. The molecule has 0 aliphatic heterocycles. The third-order valence-corrected chi connectivity index (χ3v) is 6.34. The van der Waals surface area contributed by atoms with Crippen molar-refractivity contribution in [2.75, 3.05) is 0 Å². The zero-order valence-corrected chi connectivity index (χ0v) is 20.2. The number of phenols is 1. The molecule has 0 radical (unpaired) electrons. The molecule has 166 valence electrons. The Morgan fingerprint density at radius 3 is 2.19 bits per heavy atom. The molecule has 0 heterocycles. The normalized spacial score (nSPS) is 13.5. The summed E-state index contributed by atoms with van der Waals surface area (Å²) in [5.41, 5.74) is 8.15. The number of benzene rings is 2. The number of nitrogens with one attached hydrogen (secondary N) is 1. The number of allylic oxidation sites excluding steroid dienone is 2. The lowest BCUT2D eigenvalue weighted by Crippen LogP contribution is -2.41. The fourth-order valence-corrected chi connectivity index (χ4v) is 4.16. The molecule has 1 atom stereocenters. The first kappa shape index (κ1) is 24.5. The molecule has 0 saturated carbocycles. The second-order valence-corrected chi connectivity index (χ2v) is 8.63. The van der Waals surface area contributed by atoms with Crippen molar-refractivity contribution in [2.45, 2.75) is 72.8 Å². The zero-order valence-electron chi connectivity index (χ0n) is 20.2. The minimum absolute atomic E-state index is 0.184. The highest BCUT2D eigenvalue weighted by Crippen LogP contribution is 2.34. The van der Waals surface area contributed by atoms with Crippen LogP contribution in [0.4, 0.5) is 0 Å². The molecule has 31 heavy (non-hydrogen) atoms. The highest BCUT2D eigenvalue weighted by molar-refractivity contribution is 5.67. The molecular weight excluding hydrogens is 378 g/mol. The van der Waals surface area contributed by atoms with Crippen molar-refractivity contribution in [3.8, 4) is 5.75 Å². The number of phenolic OH excluding ortho intramolecular Hbond substituents is 1. The summed E-state index contributed by atoms with van der Waals surface area (Å²) in [5, 5.41) is 14.5. The van der Waals surface area contributed by atoms with Crippen molar-refractivity contribution in [1.82, 2.24) is 5.32 Å². The smallest absolute Gasteiger partial charge is 0.126 e. The summed E-state index contributed by atoms with van der Waals surface area (Å²) in [6, 6.07) is 12.8. The molecule has 0 fully saturated rings. The Morgan fingerprint density at radius 1 is 1.03 bits per heavy atom. The quantitative estimate of drug-likeness (QED) is 0.385. The molecule has 2 heteroatoms. The van der Waals surface area contributed by atoms with Crippen molar-refractivity contribution in [2.24, 2.45) is 0 Å². The van der Waals surface area contributed by atoms with Crippen LogP contribution in [0.15, 0.2) is 60.8 Å². The van der Waals surface area contributed by atoms with E-state index in [1.54, 1.807) is 0 Å². The molecule has 0 bridgehead atoms. The van der Waals surface area contributed by atoms with Crippen LogP contribution in [0.1, 0.15) is 81.7 Å². The molecule has 0 saturated heterocycles. The topological polar surface area (TPSA) is 32.3 Å². The number of aryl methyl sites for hydroxylation is 2. The van der Waals surface area contributed by atoms with Crippen LogP contribution < -0.4 is 5.32 Å². The Labute approximate surface area is 189 Å². The number of hydrogen-bond donors (Lipinski definition) is 2. The van der Waals surface area contributed by atoms with E-state index in [-0.39, 0.29) is 5.54 Å². The van der Waals surface area contributed by atoms with E-state index in [1.165, 1.54) is 11.1 Å². The summed E-state index contributed by atoms with van der Waals surface area (Å²) in [7, 11) is 0. The predicted molar refractivity (Wildman–Crippen MR) is 136 cm³/mol. The maximum Gasteiger partial charge on any atom is 0.126 e. The van der Waals surface area contributed by atoms with E-state index in [1.807, 2.05) is 19.9 Å². The molecule has 2 nitrogen and oxygen atoms in total. The zero-order chi connectivity index (χ0) is 23.2. The predicted octanol–water partition coefficient (Wildman–Crippen LogP) is 7.91. The number of rotatable bonds is 10. The summed E-state index contributed by atoms with van der Waals surface area (Å²) in [6.45, 7) is 21.0. The average Bonchev–Trinajstić information content (AvgIpc) is 2.76. The van der Waals surface area contributed by atoms with Crippen molar-refractivity contribution in [3.63, 3.8) is 0 Å². The lowest BCUT2D eigenvalue weighted by Gasteiger charge is -2.37. The second kappa shape index (κ2) is 10.5.